The summed E-state index contributed by atoms with van der Waals surface area (Å²) in [6, 6.07) is 4.87. The van der Waals surface area contributed by atoms with E-state index in [-0.39, 0.29) is 16.6 Å². The molecule has 0 spiro atoms. The van der Waals surface area contributed by atoms with Crippen LogP contribution in [0.4, 0.5) is 5.69 Å². The Labute approximate surface area is 110 Å². The van der Waals surface area contributed by atoms with Crippen LogP contribution in [0.1, 0.15) is 13.3 Å². The Bertz CT molecular complexity index is 569. The van der Waals surface area contributed by atoms with Gasteiger partial charge in [-0.1, -0.05) is 0 Å². The Morgan fingerprint density at radius 3 is 2.47 bits per heavy atom. The van der Waals surface area contributed by atoms with Crippen LogP contribution < -0.4 is 5.32 Å². The quantitative estimate of drug-likeness (QED) is 0.504. The van der Waals surface area contributed by atoms with Crippen LogP contribution in [0.15, 0.2) is 29.2 Å². The SMILES string of the molecule is C[C@@H]1C[C@@H](OS(=O)(=O)c2ccc([N+](=O)[O-])cc2)CN1. The Kier molecular flexibility index (Phi) is 3.83. The third-order valence-electron chi connectivity index (χ3n) is 2.91. The van der Waals surface area contributed by atoms with Crippen molar-refractivity contribution in [1.82, 2.24) is 5.32 Å². The maximum Gasteiger partial charge on any atom is 0.297 e. The molecule has 0 radical (unpaired) electrons. The number of nitro groups is 1. The summed E-state index contributed by atoms with van der Waals surface area (Å²) in [5.74, 6) is 0. The number of hydrogen-bond acceptors (Lipinski definition) is 6. The molecule has 1 aromatic rings. The molecule has 1 aliphatic rings. The zero-order valence-electron chi connectivity index (χ0n) is 10.3. The summed E-state index contributed by atoms with van der Waals surface area (Å²) < 4.78 is 29.0. The molecule has 1 aromatic carbocycles. The molecule has 0 bridgehead atoms. The maximum atomic E-state index is 12.0. The molecule has 0 unspecified atom stereocenters. The van der Waals surface area contributed by atoms with Gasteiger partial charge in [-0.15, -0.1) is 0 Å². The smallest absolute Gasteiger partial charge is 0.297 e. The molecule has 104 valence electrons. The molecule has 0 aromatic heterocycles. The van der Waals surface area contributed by atoms with Gasteiger partial charge in [0.05, 0.1) is 15.9 Å². The highest BCUT2D eigenvalue weighted by molar-refractivity contribution is 7.86. The molecular formula is C11H14N2O5S. The second-order valence-electron chi connectivity index (χ2n) is 4.47. The predicted molar refractivity (Wildman–Crippen MR) is 67.2 cm³/mol. The third-order valence-corrected chi connectivity index (χ3v) is 4.28. The lowest BCUT2D eigenvalue weighted by Crippen LogP contribution is -2.21. The average molecular weight is 286 g/mol. The lowest BCUT2D eigenvalue weighted by molar-refractivity contribution is -0.384. The summed E-state index contributed by atoms with van der Waals surface area (Å²) >= 11 is 0. The zero-order chi connectivity index (χ0) is 14.0. The highest BCUT2D eigenvalue weighted by Crippen LogP contribution is 2.21. The van der Waals surface area contributed by atoms with Crippen molar-refractivity contribution < 1.29 is 17.5 Å². The summed E-state index contributed by atoms with van der Waals surface area (Å²) in [7, 11) is -3.87. The van der Waals surface area contributed by atoms with Crippen LogP contribution in [-0.2, 0) is 14.3 Å². The molecule has 2 rings (SSSR count). The van der Waals surface area contributed by atoms with Gasteiger partial charge in [-0.25, -0.2) is 0 Å². The van der Waals surface area contributed by atoms with Crippen LogP contribution in [-0.4, -0.2) is 32.0 Å². The standard InChI is InChI=1S/C11H14N2O5S/c1-8-6-10(7-12-8)18-19(16,17)11-4-2-9(3-5-11)13(14)15/h2-5,8,10,12H,6-7H2,1H3/t8-,10-/m1/s1. The number of nitrogens with one attached hydrogen (secondary N) is 1. The van der Waals surface area contributed by atoms with Crippen LogP contribution in [0.5, 0.6) is 0 Å². The van der Waals surface area contributed by atoms with Gasteiger partial charge in [0.2, 0.25) is 0 Å². The largest absolute Gasteiger partial charge is 0.312 e. The molecule has 1 N–H and O–H groups in total. The fourth-order valence-corrected chi connectivity index (χ4v) is 3.02. The Hall–Kier alpha value is -1.51. The summed E-state index contributed by atoms with van der Waals surface area (Å²) in [6.45, 7) is 2.43. The first kappa shape index (κ1) is 13.9. The van der Waals surface area contributed by atoms with E-state index in [1.165, 1.54) is 12.1 Å². The van der Waals surface area contributed by atoms with Crippen molar-refractivity contribution in [3.05, 3.63) is 34.4 Å². The van der Waals surface area contributed by atoms with Crippen LogP contribution in [0.2, 0.25) is 0 Å². The van der Waals surface area contributed by atoms with Gasteiger partial charge < -0.3 is 5.32 Å². The first-order chi connectivity index (χ1) is 8.88. The van der Waals surface area contributed by atoms with Crippen molar-refractivity contribution in [3.63, 3.8) is 0 Å². The van der Waals surface area contributed by atoms with E-state index in [4.69, 9.17) is 4.18 Å². The van der Waals surface area contributed by atoms with E-state index in [2.05, 4.69) is 5.32 Å². The lowest BCUT2D eigenvalue weighted by Gasteiger charge is -2.10. The summed E-state index contributed by atoms with van der Waals surface area (Å²) in [5, 5.41) is 13.6. The van der Waals surface area contributed by atoms with Crippen LogP contribution in [0, 0.1) is 10.1 Å². The molecular weight excluding hydrogens is 272 g/mol. The second-order valence-corrected chi connectivity index (χ2v) is 6.04. The maximum absolute atomic E-state index is 12.0. The van der Waals surface area contributed by atoms with E-state index in [9.17, 15) is 18.5 Å². The number of benzene rings is 1. The first-order valence-corrected chi connectivity index (χ1v) is 7.20. The van der Waals surface area contributed by atoms with Crippen molar-refractivity contribution in [2.75, 3.05) is 6.54 Å². The van der Waals surface area contributed by atoms with Crippen molar-refractivity contribution in [2.45, 2.75) is 30.4 Å². The van der Waals surface area contributed by atoms with Crippen LogP contribution in [0.3, 0.4) is 0 Å². The van der Waals surface area contributed by atoms with Gasteiger partial charge in [-0.05, 0) is 25.5 Å². The molecule has 0 amide bonds. The fraction of sp³-hybridized carbons (Fsp3) is 0.455. The van der Waals surface area contributed by atoms with Gasteiger partial charge in [-0.2, -0.15) is 8.42 Å². The fourth-order valence-electron chi connectivity index (χ4n) is 1.94. The number of hydrogen-bond donors (Lipinski definition) is 1. The van der Waals surface area contributed by atoms with E-state index in [1.807, 2.05) is 6.92 Å². The summed E-state index contributed by atoms with van der Waals surface area (Å²) in [6.07, 6.45) is 0.224. The topological polar surface area (TPSA) is 98.5 Å². The minimum atomic E-state index is -3.87. The van der Waals surface area contributed by atoms with Gasteiger partial charge in [0, 0.05) is 24.7 Å². The van der Waals surface area contributed by atoms with Crippen LogP contribution in [0.25, 0.3) is 0 Å². The van der Waals surface area contributed by atoms with E-state index < -0.39 is 21.1 Å². The third kappa shape index (κ3) is 3.28. The van der Waals surface area contributed by atoms with E-state index in [1.54, 1.807) is 0 Å². The van der Waals surface area contributed by atoms with E-state index in [0.717, 1.165) is 12.1 Å². The lowest BCUT2D eigenvalue weighted by atomic mass is 10.2. The molecule has 0 aliphatic carbocycles. The van der Waals surface area contributed by atoms with Crippen molar-refractivity contribution >= 4 is 15.8 Å². The molecule has 1 fully saturated rings. The number of non-ortho nitro benzene ring substituents is 1. The van der Waals surface area contributed by atoms with Crippen LogP contribution >= 0.6 is 0 Å². The molecule has 1 heterocycles. The van der Waals surface area contributed by atoms with Crippen molar-refractivity contribution in [1.29, 1.82) is 0 Å². The van der Waals surface area contributed by atoms with E-state index in [0.29, 0.717) is 13.0 Å². The molecule has 19 heavy (non-hydrogen) atoms. The predicted octanol–water partition coefficient (Wildman–Crippen LogP) is 1.05. The van der Waals surface area contributed by atoms with Crippen molar-refractivity contribution in [3.8, 4) is 0 Å². The summed E-state index contributed by atoms with van der Waals surface area (Å²) in [4.78, 5) is 9.84. The Morgan fingerprint density at radius 1 is 1.37 bits per heavy atom. The van der Waals surface area contributed by atoms with Gasteiger partial charge in [-0.3, -0.25) is 14.3 Å². The second kappa shape index (κ2) is 5.24. The Morgan fingerprint density at radius 2 is 2.00 bits per heavy atom. The van der Waals surface area contributed by atoms with Gasteiger partial charge in [0.1, 0.15) is 0 Å². The molecule has 1 saturated heterocycles. The molecule has 1 aliphatic heterocycles. The average Bonchev–Trinajstić information content (AvgIpc) is 2.74. The number of rotatable bonds is 4. The normalized spacial score (nSPS) is 23.4. The first-order valence-electron chi connectivity index (χ1n) is 5.79. The number of nitro benzene ring substituents is 1. The highest BCUT2D eigenvalue weighted by atomic mass is 32.2. The van der Waals surface area contributed by atoms with Crippen molar-refractivity contribution in [2.24, 2.45) is 0 Å². The summed E-state index contributed by atoms with van der Waals surface area (Å²) in [5.41, 5.74) is -0.157. The van der Waals surface area contributed by atoms with Gasteiger partial charge >= 0.3 is 0 Å². The monoisotopic (exact) mass is 286 g/mol. The molecule has 0 saturated carbocycles. The highest BCUT2D eigenvalue weighted by Gasteiger charge is 2.27. The number of nitrogens with zero attached hydrogens (tertiary/aromatic N) is 1. The minimum absolute atomic E-state index is 0.0716. The molecule has 8 heteroatoms. The van der Waals surface area contributed by atoms with Gasteiger partial charge in [0.15, 0.2) is 0 Å². The van der Waals surface area contributed by atoms with Gasteiger partial charge in [0.25, 0.3) is 15.8 Å². The van der Waals surface area contributed by atoms with E-state index >= 15 is 0 Å². The minimum Gasteiger partial charge on any atom is -0.312 e. The zero-order valence-corrected chi connectivity index (χ0v) is 11.1. The molecule has 2 atom stereocenters. The molecule has 7 nitrogen and oxygen atoms in total. The Balaban J connectivity index is 2.13.